The van der Waals surface area contributed by atoms with Gasteiger partial charge in [0.1, 0.15) is 5.82 Å². The molecule has 0 fully saturated rings. The van der Waals surface area contributed by atoms with Gasteiger partial charge in [0.25, 0.3) is 0 Å². The first kappa shape index (κ1) is 16.1. The molecule has 0 aliphatic carbocycles. The van der Waals surface area contributed by atoms with Crippen molar-refractivity contribution < 1.29 is 9.50 Å². The van der Waals surface area contributed by atoms with Crippen LogP contribution in [0.1, 0.15) is 19.4 Å². The third-order valence-corrected chi connectivity index (χ3v) is 3.27. The van der Waals surface area contributed by atoms with Crippen LogP contribution in [-0.4, -0.2) is 48.8 Å². The van der Waals surface area contributed by atoms with Crippen LogP contribution in [-0.2, 0) is 6.42 Å². The van der Waals surface area contributed by atoms with Crippen LogP contribution in [0, 0.1) is 5.82 Å². The van der Waals surface area contributed by atoms with Gasteiger partial charge in [-0.05, 0) is 37.7 Å². The second-order valence-electron chi connectivity index (χ2n) is 4.69. The van der Waals surface area contributed by atoms with Gasteiger partial charge in [0.2, 0.25) is 0 Å². The molecule has 0 aliphatic heterocycles. The topological polar surface area (TPSA) is 35.5 Å². The highest BCUT2D eigenvalue weighted by molar-refractivity contribution is 5.17. The molecule has 3 nitrogen and oxygen atoms in total. The molecule has 0 heterocycles. The molecule has 0 aliphatic rings. The quantitative estimate of drug-likeness (QED) is 0.669. The maximum absolute atomic E-state index is 13.4. The number of nitrogens with zero attached hydrogens (tertiary/aromatic N) is 1. The summed E-state index contributed by atoms with van der Waals surface area (Å²) in [6, 6.07) is 6.81. The van der Waals surface area contributed by atoms with Gasteiger partial charge in [-0.1, -0.05) is 32.0 Å². The van der Waals surface area contributed by atoms with Crippen molar-refractivity contribution >= 4 is 0 Å². The molecule has 0 aromatic heterocycles. The number of halogens is 1. The molecule has 0 radical (unpaired) electrons. The lowest BCUT2D eigenvalue weighted by Crippen LogP contribution is -2.38. The maximum Gasteiger partial charge on any atom is 0.126 e. The SMILES string of the molecule is CCN(CC)CC(O)CNCCc1ccccc1F. The summed E-state index contributed by atoms with van der Waals surface area (Å²) in [5, 5.41) is 13.0. The van der Waals surface area contributed by atoms with Gasteiger partial charge in [0.05, 0.1) is 6.10 Å². The van der Waals surface area contributed by atoms with E-state index in [1.165, 1.54) is 6.07 Å². The van der Waals surface area contributed by atoms with E-state index < -0.39 is 0 Å². The van der Waals surface area contributed by atoms with E-state index in [0.29, 0.717) is 31.6 Å². The van der Waals surface area contributed by atoms with Gasteiger partial charge in [-0.2, -0.15) is 0 Å². The first-order valence-electron chi connectivity index (χ1n) is 7.01. The van der Waals surface area contributed by atoms with E-state index in [4.69, 9.17) is 0 Å². The van der Waals surface area contributed by atoms with Crippen molar-refractivity contribution in [2.45, 2.75) is 26.4 Å². The molecular weight excluding hydrogens is 243 g/mol. The Balaban J connectivity index is 2.18. The molecule has 1 unspecified atom stereocenters. The van der Waals surface area contributed by atoms with Crippen molar-refractivity contribution in [2.24, 2.45) is 0 Å². The summed E-state index contributed by atoms with van der Waals surface area (Å²) in [5.41, 5.74) is 0.716. The Bertz CT molecular complexity index is 356. The van der Waals surface area contributed by atoms with Crippen LogP contribution in [0.5, 0.6) is 0 Å². The monoisotopic (exact) mass is 268 g/mol. The second-order valence-corrected chi connectivity index (χ2v) is 4.69. The predicted molar refractivity (Wildman–Crippen MR) is 76.8 cm³/mol. The minimum Gasteiger partial charge on any atom is -0.390 e. The second kappa shape index (κ2) is 9.02. The van der Waals surface area contributed by atoms with Crippen LogP contribution in [0.3, 0.4) is 0 Å². The van der Waals surface area contributed by atoms with Crippen LogP contribution in [0.2, 0.25) is 0 Å². The summed E-state index contributed by atoms with van der Waals surface area (Å²) < 4.78 is 13.4. The Morgan fingerprint density at radius 1 is 1.26 bits per heavy atom. The van der Waals surface area contributed by atoms with Gasteiger partial charge >= 0.3 is 0 Å². The van der Waals surface area contributed by atoms with Crippen LogP contribution >= 0.6 is 0 Å². The molecule has 2 N–H and O–H groups in total. The van der Waals surface area contributed by atoms with Gasteiger partial charge in [0.15, 0.2) is 0 Å². The third-order valence-electron chi connectivity index (χ3n) is 3.27. The summed E-state index contributed by atoms with van der Waals surface area (Å²) in [5.74, 6) is -0.159. The van der Waals surface area contributed by atoms with Crippen LogP contribution < -0.4 is 5.32 Å². The number of aliphatic hydroxyl groups is 1. The fourth-order valence-corrected chi connectivity index (χ4v) is 2.04. The molecule has 0 saturated carbocycles. The zero-order chi connectivity index (χ0) is 14.1. The molecule has 19 heavy (non-hydrogen) atoms. The smallest absolute Gasteiger partial charge is 0.126 e. The molecule has 1 aromatic carbocycles. The van der Waals surface area contributed by atoms with E-state index in [1.807, 2.05) is 6.07 Å². The number of aliphatic hydroxyl groups excluding tert-OH is 1. The highest BCUT2D eigenvalue weighted by atomic mass is 19.1. The van der Waals surface area contributed by atoms with Crippen molar-refractivity contribution in [1.82, 2.24) is 10.2 Å². The predicted octanol–water partition coefficient (Wildman–Crippen LogP) is 1.66. The van der Waals surface area contributed by atoms with Gasteiger partial charge < -0.3 is 15.3 Å². The number of hydrogen-bond donors (Lipinski definition) is 2. The average molecular weight is 268 g/mol. The van der Waals surface area contributed by atoms with Gasteiger partial charge in [-0.15, -0.1) is 0 Å². The van der Waals surface area contributed by atoms with Crippen molar-refractivity contribution in [3.05, 3.63) is 35.6 Å². The normalized spacial score (nSPS) is 12.9. The number of benzene rings is 1. The molecule has 0 saturated heterocycles. The number of rotatable bonds is 9. The standard InChI is InChI=1S/C15H25FN2O/c1-3-18(4-2)12-14(19)11-17-10-9-13-7-5-6-8-15(13)16/h5-8,14,17,19H,3-4,9-12H2,1-2H3. The molecular formula is C15H25FN2O. The molecule has 1 atom stereocenters. The van der Waals surface area contributed by atoms with E-state index in [-0.39, 0.29) is 11.9 Å². The van der Waals surface area contributed by atoms with Crippen LogP contribution in [0.15, 0.2) is 24.3 Å². The molecule has 1 aromatic rings. The molecule has 108 valence electrons. The summed E-state index contributed by atoms with van der Waals surface area (Å²) in [6.07, 6.45) is 0.269. The Hall–Kier alpha value is -0.970. The van der Waals surface area contributed by atoms with Gasteiger partial charge in [-0.3, -0.25) is 0 Å². The highest BCUT2D eigenvalue weighted by Gasteiger charge is 2.08. The Kier molecular flexibility index (Phi) is 7.63. The molecule has 0 spiro atoms. The zero-order valence-electron chi connectivity index (χ0n) is 11.9. The first-order valence-corrected chi connectivity index (χ1v) is 7.01. The molecule has 0 bridgehead atoms. The lowest BCUT2D eigenvalue weighted by molar-refractivity contribution is 0.117. The minimum absolute atomic E-state index is 0.159. The number of hydrogen-bond acceptors (Lipinski definition) is 3. The lowest BCUT2D eigenvalue weighted by atomic mass is 10.1. The zero-order valence-corrected chi connectivity index (χ0v) is 11.9. The van der Waals surface area contributed by atoms with Crippen LogP contribution in [0.4, 0.5) is 4.39 Å². The van der Waals surface area contributed by atoms with E-state index in [9.17, 15) is 9.50 Å². The fraction of sp³-hybridized carbons (Fsp3) is 0.600. The van der Waals surface area contributed by atoms with E-state index in [0.717, 1.165) is 13.1 Å². The Labute approximate surface area is 115 Å². The average Bonchev–Trinajstić information content (AvgIpc) is 2.42. The highest BCUT2D eigenvalue weighted by Crippen LogP contribution is 2.06. The summed E-state index contributed by atoms with van der Waals surface area (Å²) in [7, 11) is 0. The van der Waals surface area contributed by atoms with Gasteiger partial charge in [0, 0.05) is 13.1 Å². The van der Waals surface area contributed by atoms with Crippen LogP contribution in [0.25, 0.3) is 0 Å². The minimum atomic E-state index is -0.375. The van der Waals surface area contributed by atoms with Crippen molar-refractivity contribution in [3.8, 4) is 0 Å². The fourth-order valence-electron chi connectivity index (χ4n) is 2.04. The number of likely N-dealkylation sites (N-methyl/N-ethyl adjacent to an activating group) is 1. The summed E-state index contributed by atoms with van der Waals surface area (Å²) >= 11 is 0. The summed E-state index contributed by atoms with van der Waals surface area (Å²) in [6.45, 7) is 7.97. The Morgan fingerprint density at radius 3 is 2.58 bits per heavy atom. The van der Waals surface area contributed by atoms with Gasteiger partial charge in [-0.25, -0.2) is 4.39 Å². The lowest BCUT2D eigenvalue weighted by Gasteiger charge is -2.22. The molecule has 1 rings (SSSR count). The first-order chi connectivity index (χ1) is 9.17. The van der Waals surface area contributed by atoms with Crippen molar-refractivity contribution in [1.29, 1.82) is 0 Å². The molecule has 4 heteroatoms. The third kappa shape index (κ3) is 6.14. The van der Waals surface area contributed by atoms with E-state index >= 15 is 0 Å². The molecule has 0 amide bonds. The van der Waals surface area contributed by atoms with E-state index in [1.54, 1.807) is 12.1 Å². The van der Waals surface area contributed by atoms with Crippen molar-refractivity contribution in [3.63, 3.8) is 0 Å². The largest absolute Gasteiger partial charge is 0.390 e. The maximum atomic E-state index is 13.4. The van der Waals surface area contributed by atoms with Crippen molar-refractivity contribution in [2.75, 3.05) is 32.7 Å². The van der Waals surface area contributed by atoms with E-state index in [2.05, 4.69) is 24.1 Å². The summed E-state index contributed by atoms with van der Waals surface area (Å²) in [4.78, 5) is 2.18. The Morgan fingerprint density at radius 2 is 1.95 bits per heavy atom. The number of nitrogens with one attached hydrogen (secondary N) is 1.